The van der Waals surface area contributed by atoms with Gasteiger partial charge in [0, 0.05) is 13.1 Å². The van der Waals surface area contributed by atoms with Crippen LogP contribution in [-0.4, -0.2) is 28.7 Å². The van der Waals surface area contributed by atoms with Gasteiger partial charge in [0.1, 0.15) is 17.1 Å². The predicted octanol–water partition coefficient (Wildman–Crippen LogP) is 6.32. The minimum atomic E-state index is -0.331. The lowest BCUT2D eigenvalue weighted by Crippen LogP contribution is -2.51. The number of benzene rings is 1. The van der Waals surface area contributed by atoms with Crippen LogP contribution in [-0.2, 0) is 0 Å². The maximum atomic E-state index is 11.1. The Kier molecular flexibility index (Phi) is 5.14. The van der Waals surface area contributed by atoms with Crippen molar-refractivity contribution >= 4 is 5.57 Å². The van der Waals surface area contributed by atoms with Crippen LogP contribution in [0.15, 0.2) is 17.8 Å². The summed E-state index contributed by atoms with van der Waals surface area (Å²) in [6.45, 7) is 13.5. The molecule has 0 spiro atoms. The van der Waals surface area contributed by atoms with Crippen molar-refractivity contribution in [2.75, 3.05) is 13.1 Å². The molecule has 2 unspecified atom stereocenters. The van der Waals surface area contributed by atoms with Crippen molar-refractivity contribution in [3.05, 3.63) is 29.0 Å². The van der Waals surface area contributed by atoms with E-state index in [2.05, 4.69) is 45.6 Å². The summed E-state index contributed by atoms with van der Waals surface area (Å²) < 4.78 is 6.53. The van der Waals surface area contributed by atoms with Gasteiger partial charge in [-0.1, -0.05) is 46.5 Å². The first-order valence-corrected chi connectivity index (χ1v) is 11.4. The summed E-state index contributed by atoms with van der Waals surface area (Å²) in [4.78, 5) is 2.49. The molecule has 1 saturated heterocycles. The third-order valence-electron chi connectivity index (χ3n) is 7.43. The Hall–Kier alpha value is -1.64. The number of ether oxygens (including phenoxy) is 1. The van der Waals surface area contributed by atoms with Crippen molar-refractivity contribution in [1.29, 1.82) is 0 Å². The Morgan fingerprint density at radius 1 is 1.18 bits per heavy atom. The van der Waals surface area contributed by atoms with E-state index in [1.54, 1.807) is 0 Å². The van der Waals surface area contributed by atoms with Crippen molar-refractivity contribution < 1.29 is 9.84 Å². The Morgan fingerprint density at radius 3 is 2.57 bits per heavy atom. The van der Waals surface area contributed by atoms with Gasteiger partial charge in [0.05, 0.1) is 11.3 Å². The summed E-state index contributed by atoms with van der Waals surface area (Å²) in [6, 6.07) is 4.24. The number of hydrogen-bond acceptors (Lipinski definition) is 3. The number of phenols is 1. The van der Waals surface area contributed by atoms with E-state index in [4.69, 9.17) is 4.74 Å². The number of allylic oxidation sites excluding steroid dienone is 1. The quantitative estimate of drug-likeness (QED) is 0.583. The molecule has 0 aromatic heterocycles. The highest BCUT2D eigenvalue weighted by Crippen LogP contribution is 2.54. The molecule has 5 rings (SSSR count). The van der Waals surface area contributed by atoms with Gasteiger partial charge in [-0.05, 0) is 67.7 Å². The average molecular weight is 384 g/mol. The van der Waals surface area contributed by atoms with Crippen molar-refractivity contribution in [2.45, 2.75) is 84.7 Å². The Bertz CT molecular complexity index is 771. The van der Waals surface area contributed by atoms with E-state index in [0.717, 1.165) is 24.4 Å². The van der Waals surface area contributed by atoms with Crippen LogP contribution in [0, 0.1) is 11.8 Å². The largest absolute Gasteiger partial charge is 0.507 e. The minimum absolute atomic E-state index is 0.331. The van der Waals surface area contributed by atoms with Crippen LogP contribution in [0.5, 0.6) is 11.5 Å². The van der Waals surface area contributed by atoms with Gasteiger partial charge in [0.25, 0.3) is 0 Å². The van der Waals surface area contributed by atoms with Crippen LogP contribution in [0.25, 0.3) is 5.57 Å². The number of rotatable bonds is 6. The zero-order chi connectivity index (χ0) is 20.1. The normalized spacial score (nSPS) is 22.5. The number of nitrogens with zero attached hydrogens (tertiary/aromatic N) is 1. The van der Waals surface area contributed by atoms with Gasteiger partial charge in [0.2, 0.25) is 0 Å². The molecule has 0 saturated carbocycles. The predicted molar refractivity (Wildman–Crippen MR) is 116 cm³/mol. The van der Waals surface area contributed by atoms with E-state index < -0.39 is 0 Å². The van der Waals surface area contributed by atoms with E-state index in [9.17, 15) is 5.11 Å². The molecule has 2 bridgehead atoms. The first-order valence-electron chi connectivity index (χ1n) is 11.4. The fourth-order valence-corrected chi connectivity index (χ4v) is 5.64. The maximum Gasteiger partial charge on any atom is 0.143 e. The second-order valence-corrected chi connectivity index (χ2v) is 9.81. The summed E-state index contributed by atoms with van der Waals surface area (Å²) in [5.41, 5.74) is 4.52. The molecule has 28 heavy (non-hydrogen) atoms. The van der Waals surface area contributed by atoms with Crippen LogP contribution >= 0.6 is 0 Å². The Morgan fingerprint density at radius 2 is 1.89 bits per heavy atom. The summed E-state index contributed by atoms with van der Waals surface area (Å²) in [6.07, 6.45) is 7.49. The van der Waals surface area contributed by atoms with Crippen molar-refractivity contribution in [1.82, 2.24) is 4.90 Å². The fraction of sp³-hybridized carbons (Fsp3) is 0.680. The zero-order valence-electron chi connectivity index (χ0n) is 18.3. The molecule has 3 nitrogen and oxygen atoms in total. The lowest BCUT2D eigenvalue weighted by molar-refractivity contribution is 0.0769. The molecular formula is C25H37NO2. The van der Waals surface area contributed by atoms with Crippen molar-refractivity contribution in [2.24, 2.45) is 11.8 Å². The highest BCUT2D eigenvalue weighted by molar-refractivity contribution is 5.82. The molecule has 1 N–H and O–H groups in total. The molecule has 3 heteroatoms. The SMILES string of the molecule is CCCCCC(C)C(C)c1cc(O)c2c(c1)OC(C)(C)C1=C2C2CCN1CC2. The number of hydrogen-bond donors (Lipinski definition) is 1. The van der Waals surface area contributed by atoms with E-state index in [1.807, 2.05) is 6.07 Å². The molecule has 4 aliphatic rings. The number of aromatic hydroxyl groups is 1. The van der Waals surface area contributed by atoms with Crippen molar-refractivity contribution in [3.63, 3.8) is 0 Å². The number of fused-ring (bicyclic) bond motifs is 3. The minimum Gasteiger partial charge on any atom is -0.507 e. The first kappa shape index (κ1) is 19.7. The molecule has 2 atom stereocenters. The monoisotopic (exact) mass is 383 g/mol. The molecule has 0 amide bonds. The summed E-state index contributed by atoms with van der Waals surface area (Å²) in [5.74, 6) is 2.88. The van der Waals surface area contributed by atoms with Gasteiger partial charge in [-0.2, -0.15) is 0 Å². The Balaban J connectivity index is 1.70. The van der Waals surface area contributed by atoms with E-state index in [0.29, 0.717) is 23.5 Å². The van der Waals surface area contributed by atoms with Crippen molar-refractivity contribution in [3.8, 4) is 11.5 Å². The topological polar surface area (TPSA) is 32.7 Å². The molecule has 1 aromatic carbocycles. The van der Waals surface area contributed by atoms with Crippen LogP contribution in [0.1, 0.15) is 90.2 Å². The molecular weight excluding hydrogens is 346 g/mol. The van der Waals surface area contributed by atoms with Crippen LogP contribution in [0.2, 0.25) is 0 Å². The number of unbranched alkanes of at least 4 members (excludes halogenated alkanes) is 2. The molecule has 4 aliphatic heterocycles. The van der Waals surface area contributed by atoms with E-state index in [-0.39, 0.29) is 5.60 Å². The molecule has 0 radical (unpaired) electrons. The summed E-state index contributed by atoms with van der Waals surface area (Å²) in [7, 11) is 0. The smallest absolute Gasteiger partial charge is 0.143 e. The standard InChI is InChI=1S/C25H37NO2/c1-6-7-8-9-16(2)17(3)19-14-20(27)23-21(15-19)28-25(4,5)24-22(23)18-10-12-26(24)13-11-18/h14-18,27H,6-13H2,1-5H3. The number of piperidine rings is 1. The molecule has 1 fully saturated rings. The first-order chi connectivity index (χ1) is 13.3. The third-order valence-corrected chi connectivity index (χ3v) is 7.43. The molecule has 4 heterocycles. The third kappa shape index (κ3) is 3.21. The van der Waals surface area contributed by atoms with Gasteiger partial charge in [-0.15, -0.1) is 0 Å². The molecule has 1 aromatic rings. The highest BCUT2D eigenvalue weighted by atomic mass is 16.5. The van der Waals surface area contributed by atoms with Gasteiger partial charge in [-0.3, -0.25) is 0 Å². The maximum absolute atomic E-state index is 11.1. The van der Waals surface area contributed by atoms with E-state index >= 15 is 0 Å². The van der Waals surface area contributed by atoms with E-state index in [1.165, 1.54) is 55.4 Å². The average Bonchev–Trinajstić information content (AvgIpc) is 2.67. The summed E-state index contributed by atoms with van der Waals surface area (Å²) >= 11 is 0. The Labute approximate surface area is 170 Å². The van der Waals surface area contributed by atoms with Gasteiger partial charge >= 0.3 is 0 Å². The van der Waals surface area contributed by atoms with Crippen LogP contribution < -0.4 is 4.74 Å². The molecule has 154 valence electrons. The summed E-state index contributed by atoms with van der Waals surface area (Å²) in [5, 5.41) is 11.1. The lowest BCUT2D eigenvalue weighted by atomic mass is 9.73. The highest BCUT2D eigenvalue weighted by Gasteiger charge is 2.46. The second-order valence-electron chi connectivity index (χ2n) is 9.81. The molecule has 0 aliphatic carbocycles. The van der Waals surface area contributed by atoms with Crippen LogP contribution in [0.4, 0.5) is 0 Å². The fourth-order valence-electron chi connectivity index (χ4n) is 5.64. The number of phenolic OH excluding ortho intramolecular Hbond substituents is 1. The van der Waals surface area contributed by atoms with Gasteiger partial charge in [0.15, 0.2) is 0 Å². The van der Waals surface area contributed by atoms with Crippen LogP contribution in [0.3, 0.4) is 0 Å². The lowest BCUT2D eigenvalue weighted by Gasteiger charge is -2.51. The van der Waals surface area contributed by atoms with Gasteiger partial charge in [-0.25, -0.2) is 0 Å². The zero-order valence-corrected chi connectivity index (χ0v) is 18.3. The van der Waals surface area contributed by atoms with Gasteiger partial charge < -0.3 is 14.7 Å². The second kappa shape index (κ2) is 7.31.